The van der Waals surface area contributed by atoms with Crippen LogP contribution in [0.2, 0.25) is 0 Å². The van der Waals surface area contributed by atoms with Crippen molar-refractivity contribution in [3.8, 4) is 0 Å². The van der Waals surface area contributed by atoms with E-state index >= 15 is 0 Å². The van der Waals surface area contributed by atoms with Crippen molar-refractivity contribution in [2.75, 3.05) is 26.3 Å². The van der Waals surface area contributed by atoms with Crippen LogP contribution in [-0.4, -0.2) is 26.3 Å². The Labute approximate surface area is 99.4 Å². The van der Waals surface area contributed by atoms with Gasteiger partial charge in [-0.15, -0.1) is 0 Å². The molecule has 0 aromatic heterocycles. The molecular weight excluding hydrogens is 198 g/mol. The first-order valence-corrected chi connectivity index (χ1v) is 6.81. The summed E-state index contributed by atoms with van der Waals surface area (Å²) < 4.78 is 5.43. The smallest absolute Gasteiger partial charge is 0.0689 e. The molecule has 0 bridgehead atoms. The molecule has 1 aliphatic carbocycles. The van der Waals surface area contributed by atoms with Crippen molar-refractivity contribution < 1.29 is 4.74 Å². The van der Waals surface area contributed by atoms with Crippen molar-refractivity contribution in [1.29, 1.82) is 0 Å². The largest absolute Gasteiger partial charge is 0.377 e. The van der Waals surface area contributed by atoms with Crippen LogP contribution in [-0.2, 0) is 4.74 Å². The molecule has 92 valence electrons. The second kappa shape index (κ2) is 6.41. The molecule has 0 aromatic rings. The molecule has 0 unspecified atom stereocenters. The van der Waals surface area contributed by atoms with Gasteiger partial charge >= 0.3 is 0 Å². The van der Waals surface area contributed by atoms with Gasteiger partial charge in [0.1, 0.15) is 0 Å². The minimum absolute atomic E-state index is 0.842. The van der Waals surface area contributed by atoms with E-state index in [1.54, 1.807) is 0 Å². The van der Waals surface area contributed by atoms with Crippen molar-refractivity contribution in [2.45, 2.75) is 39.0 Å². The average Bonchev–Trinajstić information content (AvgIpc) is 2.33. The molecule has 2 rings (SSSR count). The first-order chi connectivity index (χ1) is 7.84. The summed E-state index contributed by atoms with van der Waals surface area (Å²) in [4.78, 5) is 0. The van der Waals surface area contributed by atoms with Gasteiger partial charge in [0, 0.05) is 6.54 Å². The van der Waals surface area contributed by atoms with Crippen molar-refractivity contribution in [3.63, 3.8) is 0 Å². The maximum atomic E-state index is 5.43. The third-order valence-corrected chi connectivity index (χ3v) is 3.90. The van der Waals surface area contributed by atoms with E-state index in [-0.39, 0.29) is 0 Å². The van der Waals surface area contributed by atoms with Gasteiger partial charge in [-0.25, -0.2) is 0 Å². The molecule has 2 nitrogen and oxygen atoms in total. The molecule has 1 saturated carbocycles. The molecule has 1 heterocycles. The van der Waals surface area contributed by atoms with Gasteiger partial charge in [-0.1, -0.05) is 25.8 Å². The van der Waals surface area contributed by atoms with Gasteiger partial charge < -0.3 is 10.1 Å². The number of nitrogens with one attached hydrogen (secondary N) is 1. The standard InChI is InChI=1S/C14H25NO/c1-12-4-6-13(7-5-12)9-15-10-14-3-2-8-16-11-14/h3,12-13,15H,2,4-11H2,1H3. The van der Waals surface area contributed by atoms with E-state index in [1.165, 1.54) is 37.8 Å². The number of hydrogen-bond donors (Lipinski definition) is 1. The average molecular weight is 223 g/mol. The monoisotopic (exact) mass is 223 g/mol. The highest BCUT2D eigenvalue weighted by atomic mass is 16.5. The Hall–Kier alpha value is -0.340. The quantitative estimate of drug-likeness (QED) is 0.740. The highest BCUT2D eigenvalue weighted by molar-refractivity contribution is 5.06. The summed E-state index contributed by atoms with van der Waals surface area (Å²) in [7, 11) is 0. The zero-order chi connectivity index (χ0) is 11.2. The highest BCUT2D eigenvalue weighted by Gasteiger charge is 2.17. The third-order valence-electron chi connectivity index (χ3n) is 3.90. The molecule has 1 fully saturated rings. The predicted octanol–water partition coefficient (Wildman–Crippen LogP) is 2.75. The molecule has 0 saturated heterocycles. The SMILES string of the molecule is CC1CCC(CNCC2=CCCOC2)CC1. The van der Waals surface area contributed by atoms with E-state index in [0.29, 0.717) is 0 Å². The molecule has 0 amide bonds. The van der Waals surface area contributed by atoms with Crippen LogP contribution in [0.4, 0.5) is 0 Å². The molecule has 0 spiro atoms. The summed E-state index contributed by atoms with van der Waals surface area (Å²) in [5.74, 6) is 1.88. The molecule has 2 heteroatoms. The Kier molecular flexibility index (Phi) is 4.86. The number of hydrogen-bond acceptors (Lipinski definition) is 2. The Morgan fingerprint density at radius 2 is 2.12 bits per heavy atom. The van der Waals surface area contributed by atoms with Gasteiger partial charge in [-0.05, 0) is 43.2 Å². The maximum Gasteiger partial charge on any atom is 0.0689 e. The highest BCUT2D eigenvalue weighted by Crippen LogP contribution is 2.27. The lowest BCUT2D eigenvalue weighted by Gasteiger charge is -2.26. The van der Waals surface area contributed by atoms with E-state index in [9.17, 15) is 0 Å². The summed E-state index contributed by atoms with van der Waals surface area (Å²) in [5, 5.41) is 3.59. The molecule has 0 radical (unpaired) electrons. The number of rotatable bonds is 4. The fraction of sp³-hybridized carbons (Fsp3) is 0.857. The number of ether oxygens (including phenoxy) is 1. The Balaban J connectivity index is 1.59. The van der Waals surface area contributed by atoms with Crippen LogP contribution in [0.15, 0.2) is 11.6 Å². The van der Waals surface area contributed by atoms with Crippen molar-refractivity contribution in [3.05, 3.63) is 11.6 Å². The van der Waals surface area contributed by atoms with Gasteiger partial charge in [0.25, 0.3) is 0 Å². The maximum absolute atomic E-state index is 5.43. The molecule has 0 atom stereocenters. The summed E-state index contributed by atoms with van der Waals surface area (Å²) in [6.45, 7) is 6.36. The first kappa shape index (κ1) is 12.1. The molecule has 16 heavy (non-hydrogen) atoms. The lowest BCUT2D eigenvalue weighted by Crippen LogP contribution is -2.28. The predicted molar refractivity (Wildman–Crippen MR) is 67.5 cm³/mol. The lowest BCUT2D eigenvalue weighted by molar-refractivity contribution is 0.148. The van der Waals surface area contributed by atoms with Gasteiger partial charge in [0.15, 0.2) is 0 Å². The van der Waals surface area contributed by atoms with E-state index in [4.69, 9.17) is 4.74 Å². The van der Waals surface area contributed by atoms with Crippen LogP contribution in [0.5, 0.6) is 0 Å². The molecular formula is C14H25NO. The van der Waals surface area contributed by atoms with Crippen LogP contribution < -0.4 is 5.32 Å². The van der Waals surface area contributed by atoms with E-state index in [0.717, 1.165) is 38.0 Å². The fourth-order valence-corrected chi connectivity index (χ4v) is 2.70. The van der Waals surface area contributed by atoms with Crippen molar-refractivity contribution in [1.82, 2.24) is 5.32 Å². The van der Waals surface area contributed by atoms with Crippen molar-refractivity contribution >= 4 is 0 Å². The van der Waals surface area contributed by atoms with Crippen LogP contribution in [0.1, 0.15) is 39.0 Å². The molecule has 1 aliphatic heterocycles. The minimum atomic E-state index is 0.842. The van der Waals surface area contributed by atoms with Gasteiger partial charge in [-0.3, -0.25) is 0 Å². The molecule has 1 N–H and O–H groups in total. The second-order valence-corrected chi connectivity index (χ2v) is 5.46. The van der Waals surface area contributed by atoms with Crippen LogP contribution >= 0.6 is 0 Å². The zero-order valence-corrected chi connectivity index (χ0v) is 10.5. The van der Waals surface area contributed by atoms with Crippen LogP contribution in [0.3, 0.4) is 0 Å². The summed E-state index contributed by atoms with van der Waals surface area (Å²) in [6.07, 6.45) is 9.13. The second-order valence-electron chi connectivity index (χ2n) is 5.46. The Morgan fingerprint density at radius 1 is 1.31 bits per heavy atom. The first-order valence-electron chi connectivity index (χ1n) is 6.81. The van der Waals surface area contributed by atoms with Crippen LogP contribution in [0, 0.1) is 11.8 Å². The van der Waals surface area contributed by atoms with Crippen LogP contribution in [0.25, 0.3) is 0 Å². The van der Waals surface area contributed by atoms with Crippen molar-refractivity contribution in [2.24, 2.45) is 11.8 Å². The lowest BCUT2D eigenvalue weighted by atomic mass is 9.83. The third kappa shape index (κ3) is 3.91. The van der Waals surface area contributed by atoms with E-state index < -0.39 is 0 Å². The normalized spacial score (nSPS) is 31.2. The topological polar surface area (TPSA) is 21.3 Å². The van der Waals surface area contributed by atoms with Gasteiger partial charge in [0.2, 0.25) is 0 Å². The Bertz CT molecular complexity index is 229. The van der Waals surface area contributed by atoms with Gasteiger partial charge in [0.05, 0.1) is 13.2 Å². The van der Waals surface area contributed by atoms with E-state index in [1.807, 2.05) is 0 Å². The summed E-state index contributed by atoms with van der Waals surface area (Å²) in [5.41, 5.74) is 1.44. The fourth-order valence-electron chi connectivity index (χ4n) is 2.70. The summed E-state index contributed by atoms with van der Waals surface area (Å²) >= 11 is 0. The summed E-state index contributed by atoms with van der Waals surface area (Å²) in [6, 6.07) is 0. The van der Waals surface area contributed by atoms with Gasteiger partial charge in [-0.2, -0.15) is 0 Å². The van der Waals surface area contributed by atoms with E-state index in [2.05, 4.69) is 18.3 Å². The zero-order valence-electron chi connectivity index (χ0n) is 10.5. The molecule has 2 aliphatic rings. The minimum Gasteiger partial charge on any atom is -0.377 e. The molecule has 0 aromatic carbocycles. The Morgan fingerprint density at radius 3 is 2.81 bits per heavy atom.